The zero-order chi connectivity index (χ0) is 14.3. The van der Waals surface area contributed by atoms with Crippen molar-refractivity contribution in [3.8, 4) is 0 Å². The van der Waals surface area contributed by atoms with E-state index in [0.717, 1.165) is 32.4 Å². The summed E-state index contributed by atoms with van der Waals surface area (Å²) in [6, 6.07) is 2.27. The van der Waals surface area contributed by atoms with Gasteiger partial charge in [-0.2, -0.15) is 0 Å². The molecule has 1 aromatic rings. The zero-order valence-corrected chi connectivity index (χ0v) is 11.7. The lowest BCUT2D eigenvalue weighted by atomic mass is 9.95. The van der Waals surface area contributed by atoms with Crippen LogP contribution in [-0.2, 0) is 0 Å². The number of piperidine rings is 1. The predicted octanol–water partition coefficient (Wildman–Crippen LogP) is 1.65. The van der Waals surface area contributed by atoms with Crippen LogP contribution < -0.4 is 5.56 Å². The van der Waals surface area contributed by atoms with Crippen LogP contribution in [0.5, 0.6) is 0 Å². The van der Waals surface area contributed by atoms with E-state index in [1.165, 1.54) is 6.42 Å². The monoisotopic (exact) mass is 276 g/mol. The third-order valence-corrected chi connectivity index (χ3v) is 4.70. The molecule has 2 saturated heterocycles. The van der Waals surface area contributed by atoms with Gasteiger partial charge in [0.25, 0.3) is 5.56 Å². The average Bonchev–Trinajstić information content (AvgIpc) is 2.87. The highest BCUT2D eigenvalue weighted by Crippen LogP contribution is 2.34. The summed E-state index contributed by atoms with van der Waals surface area (Å²) in [5.74, 6) is -1.12. The highest BCUT2D eigenvalue weighted by Gasteiger charge is 2.36. The number of fused-ring (bicyclic) bond motifs is 1. The van der Waals surface area contributed by atoms with E-state index in [0.29, 0.717) is 11.6 Å². The Kier molecular flexibility index (Phi) is 3.38. The van der Waals surface area contributed by atoms with Crippen LogP contribution in [0.4, 0.5) is 0 Å². The molecule has 1 N–H and O–H groups in total. The van der Waals surface area contributed by atoms with E-state index in [1.54, 1.807) is 23.8 Å². The Morgan fingerprint density at radius 3 is 2.55 bits per heavy atom. The van der Waals surface area contributed by atoms with Crippen LogP contribution in [0.1, 0.15) is 47.6 Å². The molecule has 0 aliphatic carbocycles. The Morgan fingerprint density at radius 1 is 1.25 bits per heavy atom. The van der Waals surface area contributed by atoms with Gasteiger partial charge >= 0.3 is 5.97 Å². The molecule has 2 aliphatic heterocycles. The molecule has 0 radical (unpaired) electrons. The number of rotatable bonds is 2. The van der Waals surface area contributed by atoms with Crippen molar-refractivity contribution in [3.63, 3.8) is 0 Å². The predicted molar refractivity (Wildman–Crippen MR) is 75.3 cm³/mol. The molecule has 3 heterocycles. The Labute approximate surface area is 117 Å². The van der Waals surface area contributed by atoms with Gasteiger partial charge < -0.3 is 9.67 Å². The molecule has 0 bridgehead atoms. The molecule has 3 rings (SSSR count). The lowest BCUT2D eigenvalue weighted by molar-refractivity contribution is 0.0691. The lowest BCUT2D eigenvalue weighted by Crippen LogP contribution is -2.45. The standard InChI is InChI=1S/C15H20N2O3/c1-10-6-9-17(14(18)13(10)15(19)20)12-5-3-8-16-7-2-4-11(12)16/h6,9,11-12H,2-5,7-8H2,1H3,(H,19,20)/t11-,12-/m0/s1. The molecule has 0 saturated carbocycles. The molecule has 0 aromatic carbocycles. The highest BCUT2D eigenvalue weighted by atomic mass is 16.4. The smallest absolute Gasteiger partial charge is 0.341 e. The van der Waals surface area contributed by atoms with Crippen LogP contribution in [0, 0.1) is 6.92 Å². The molecule has 0 amide bonds. The van der Waals surface area contributed by atoms with E-state index >= 15 is 0 Å². The summed E-state index contributed by atoms with van der Waals surface area (Å²) in [7, 11) is 0. The number of carbonyl (C=O) groups is 1. The van der Waals surface area contributed by atoms with Gasteiger partial charge in [0.15, 0.2) is 0 Å². The van der Waals surface area contributed by atoms with Gasteiger partial charge in [-0.3, -0.25) is 9.69 Å². The van der Waals surface area contributed by atoms with Crippen molar-refractivity contribution < 1.29 is 9.90 Å². The van der Waals surface area contributed by atoms with Crippen molar-refractivity contribution in [2.24, 2.45) is 0 Å². The molecule has 20 heavy (non-hydrogen) atoms. The molecule has 5 heteroatoms. The van der Waals surface area contributed by atoms with E-state index in [2.05, 4.69) is 4.90 Å². The number of pyridine rings is 1. The Hall–Kier alpha value is -1.62. The zero-order valence-electron chi connectivity index (χ0n) is 11.7. The third-order valence-electron chi connectivity index (χ3n) is 4.70. The minimum absolute atomic E-state index is 0.0809. The third kappa shape index (κ3) is 2.06. The van der Waals surface area contributed by atoms with E-state index in [9.17, 15) is 14.7 Å². The van der Waals surface area contributed by atoms with Crippen LogP contribution in [0.2, 0.25) is 0 Å². The topological polar surface area (TPSA) is 62.5 Å². The molecule has 108 valence electrons. The number of hydrogen-bond acceptors (Lipinski definition) is 3. The maximum absolute atomic E-state index is 12.5. The summed E-state index contributed by atoms with van der Waals surface area (Å²) in [4.78, 5) is 26.2. The summed E-state index contributed by atoms with van der Waals surface area (Å²) in [5, 5.41) is 9.23. The van der Waals surface area contributed by atoms with Crippen LogP contribution in [0.15, 0.2) is 17.1 Å². The molecule has 2 atom stereocenters. The molecule has 2 fully saturated rings. The van der Waals surface area contributed by atoms with Gasteiger partial charge in [-0.05, 0) is 57.3 Å². The minimum Gasteiger partial charge on any atom is -0.477 e. The number of aromatic nitrogens is 1. The van der Waals surface area contributed by atoms with Gasteiger partial charge in [0, 0.05) is 12.2 Å². The van der Waals surface area contributed by atoms with Gasteiger partial charge in [-0.25, -0.2) is 4.79 Å². The fraction of sp³-hybridized carbons (Fsp3) is 0.600. The Balaban J connectivity index is 2.04. The van der Waals surface area contributed by atoms with Crippen molar-refractivity contribution >= 4 is 5.97 Å². The SMILES string of the molecule is Cc1ccn([C@H]2CCCN3CCC[C@@H]23)c(=O)c1C(=O)O. The summed E-state index contributed by atoms with van der Waals surface area (Å²) >= 11 is 0. The lowest BCUT2D eigenvalue weighted by Gasteiger charge is -2.37. The maximum atomic E-state index is 12.5. The minimum atomic E-state index is -1.12. The quantitative estimate of drug-likeness (QED) is 0.892. The number of hydrogen-bond donors (Lipinski definition) is 1. The number of carboxylic acids is 1. The van der Waals surface area contributed by atoms with Crippen LogP contribution in [0.25, 0.3) is 0 Å². The largest absolute Gasteiger partial charge is 0.477 e. The fourth-order valence-corrected chi connectivity index (χ4v) is 3.75. The second-order valence-electron chi connectivity index (χ2n) is 5.85. The van der Waals surface area contributed by atoms with E-state index in [-0.39, 0.29) is 17.2 Å². The first-order valence-electron chi connectivity index (χ1n) is 7.28. The van der Waals surface area contributed by atoms with Gasteiger partial charge in [0.2, 0.25) is 0 Å². The van der Waals surface area contributed by atoms with Gasteiger partial charge in [0.05, 0.1) is 6.04 Å². The Bertz CT molecular complexity index is 593. The number of nitrogens with zero attached hydrogens (tertiary/aromatic N) is 2. The van der Waals surface area contributed by atoms with E-state index < -0.39 is 5.97 Å². The first-order chi connectivity index (χ1) is 9.59. The van der Waals surface area contributed by atoms with Crippen LogP contribution >= 0.6 is 0 Å². The molecule has 2 aliphatic rings. The first kappa shape index (κ1) is 13.4. The second-order valence-corrected chi connectivity index (χ2v) is 5.85. The molecular formula is C15H20N2O3. The van der Waals surface area contributed by atoms with Crippen molar-refractivity contribution in [2.45, 2.75) is 44.7 Å². The van der Waals surface area contributed by atoms with E-state index in [4.69, 9.17) is 0 Å². The average molecular weight is 276 g/mol. The maximum Gasteiger partial charge on any atom is 0.341 e. The van der Waals surface area contributed by atoms with Gasteiger partial charge in [0.1, 0.15) is 5.56 Å². The molecule has 1 aromatic heterocycles. The van der Waals surface area contributed by atoms with Gasteiger partial charge in [-0.1, -0.05) is 0 Å². The summed E-state index contributed by atoms with van der Waals surface area (Å²) in [6.45, 7) is 3.89. The summed E-state index contributed by atoms with van der Waals surface area (Å²) < 4.78 is 1.67. The van der Waals surface area contributed by atoms with Crippen molar-refractivity contribution in [3.05, 3.63) is 33.7 Å². The van der Waals surface area contributed by atoms with E-state index in [1.807, 2.05) is 0 Å². The number of aromatic carboxylic acids is 1. The first-order valence-corrected chi connectivity index (χ1v) is 7.28. The summed E-state index contributed by atoms with van der Waals surface area (Å²) in [5.41, 5.74) is 0.108. The number of aryl methyl sites for hydroxylation is 1. The van der Waals surface area contributed by atoms with Crippen LogP contribution in [-0.4, -0.2) is 39.7 Å². The van der Waals surface area contributed by atoms with Crippen molar-refractivity contribution in [1.29, 1.82) is 0 Å². The Morgan fingerprint density at radius 2 is 1.90 bits per heavy atom. The highest BCUT2D eigenvalue weighted by molar-refractivity contribution is 5.88. The van der Waals surface area contributed by atoms with Crippen molar-refractivity contribution in [1.82, 2.24) is 9.47 Å². The molecule has 5 nitrogen and oxygen atoms in total. The summed E-state index contributed by atoms with van der Waals surface area (Å²) in [6.07, 6.45) is 6.09. The van der Waals surface area contributed by atoms with Crippen molar-refractivity contribution in [2.75, 3.05) is 13.1 Å². The molecule has 0 spiro atoms. The van der Waals surface area contributed by atoms with Gasteiger partial charge in [-0.15, -0.1) is 0 Å². The molecular weight excluding hydrogens is 256 g/mol. The fourth-order valence-electron chi connectivity index (χ4n) is 3.75. The van der Waals surface area contributed by atoms with Crippen LogP contribution in [0.3, 0.4) is 0 Å². The molecule has 0 unspecified atom stereocenters. The second kappa shape index (κ2) is 5.05. The normalized spacial score (nSPS) is 26.4. The number of carboxylic acid groups (broad SMARTS) is 1.